The number of halogens is 6. The fraction of sp³-hybridized carbons (Fsp3) is 0.222. The minimum atomic E-state index is -5.43. The van der Waals surface area contributed by atoms with Gasteiger partial charge in [-0.05, 0) is 23.9 Å². The van der Waals surface area contributed by atoms with Gasteiger partial charge in [-0.15, -0.1) is 0 Å². The van der Waals surface area contributed by atoms with E-state index in [1.807, 2.05) is 0 Å². The molecule has 0 bridgehead atoms. The van der Waals surface area contributed by atoms with Gasteiger partial charge in [0, 0.05) is 16.0 Å². The van der Waals surface area contributed by atoms with Crippen molar-refractivity contribution in [1.82, 2.24) is 0 Å². The second kappa shape index (κ2) is 7.07. The summed E-state index contributed by atoms with van der Waals surface area (Å²) in [6.07, 6.45) is 0. The molecule has 0 aliphatic heterocycles. The minimum Gasteiger partial charge on any atom is -0.768 e. The van der Waals surface area contributed by atoms with Gasteiger partial charge in [0.05, 0.1) is 6.57 Å². The van der Waals surface area contributed by atoms with Gasteiger partial charge in [-0.2, -0.15) is 17.6 Å². The Morgan fingerprint density at radius 2 is 1.62 bits per heavy atom. The number of benzene rings is 1. The summed E-state index contributed by atoms with van der Waals surface area (Å²) in [5.74, 6) is -3.05. The maximum atomic E-state index is 13.1. The van der Waals surface area contributed by atoms with Crippen LogP contribution in [0.15, 0.2) is 17.0 Å². The summed E-state index contributed by atoms with van der Waals surface area (Å²) in [6, 6.07) is 0.470. The molecule has 1 unspecified atom stereocenters. The molecule has 0 spiro atoms. The van der Waals surface area contributed by atoms with E-state index < -0.39 is 55.6 Å². The van der Waals surface area contributed by atoms with Crippen LogP contribution in [0.2, 0.25) is 0 Å². The molecule has 1 rings (SSSR count). The minimum absolute atomic E-state index is 0. The molecule has 0 aliphatic rings. The Hall–Kier alpha value is -0.653. The van der Waals surface area contributed by atoms with Crippen LogP contribution in [0.4, 0.5) is 32.0 Å². The monoisotopic (exact) mass is 341 g/mol. The Kier molecular flexibility index (Phi) is 6.85. The fourth-order valence-electron chi connectivity index (χ4n) is 1.01. The number of alkyl halides is 4. The second-order valence-electron chi connectivity index (χ2n) is 3.22. The van der Waals surface area contributed by atoms with E-state index in [1.165, 1.54) is 0 Å². The third-order valence-electron chi connectivity index (χ3n) is 1.90. The van der Waals surface area contributed by atoms with Crippen LogP contribution in [-0.4, -0.2) is 19.3 Å². The molecule has 110 valence electrons. The Labute approximate surface area is 133 Å². The van der Waals surface area contributed by atoms with Crippen molar-refractivity contribution in [2.45, 2.75) is 15.4 Å². The van der Waals surface area contributed by atoms with E-state index >= 15 is 0 Å². The zero-order valence-electron chi connectivity index (χ0n) is 10.0. The molecular weight excluding hydrogens is 339 g/mol. The second-order valence-corrected chi connectivity index (χ2v) is 5.39. The Bertz CT molecular complexity index is 583. The average molecular weight is 341 g/mol. The molecule has 0 heterocycles. The fourth-order valence-corrected chi connectivity index (χ4v) is 2.28. The van der Waals surface area contributed by atoms with Crippen molar-refractivity contribution < 1.29 is 54.0 Å². The molecule has 0 aromatic heterocycles. The number of hydrogen-bond donors (Lipinski definition) is 0. The van der Waals surface area contributed by atoms with E-state index in [9.17, 15) is 35.1 Å². The van der Waals surface area contributed by atoms with E-state index in [2.05, 4.69) is 4.85 Å². The number of thioether (sulfide) groups is 1. The zero-order chi connectivity index (χ0) is 15.7. The predicted molar refractivity (Wildman–Crippen MR) is 57.3 cm³/mol. The van der Waals surface area contributed by atoms with Gasteiger partial charge in [-0.3, -0.25) is 4.21 Å². The quantitative estimate of drug-likeness (QED) is 0.266. The summed E-state index contributed by atoms with van der Waals surface area (Å²) >= 11 is -5.46. The first-order valence-corrected chi connectivity index (χ1v) is 6.32. The normalized spacial score (nSPS) is 13.2. The molecular formula is C9H2F6LiNO2S2. The zero-order valence-corrected chi connectivity index (χ0v) is 11.6. The van der Waals surface area contributed by atoms with E-state index in [-0.39, 0.29) is 31.0 Å². The van der Waals surface area contributed by atoms with Crippen LogP contribution in [-0.2, 0) is 11.1 Å². The Balaban J connectivity index is 0.00000400. The topological polar surface area (TPSA) is 44.5 Å². The summed E-state index contributed by atoms with van der Waals surface area (Å²) in [4.78, 5) is 1.46. The van der Waals surface area contributed by atoms with Gasteiger partial charge >= 0.3 is 29.4 Å². The van der Waals surface area contributed by atoms with E-state index in [1.54, 1.807) is 0 Å². The van der Waals surface area contributed by atoms with Crippen LogP contribution in [0.25, 0.3) is 4.85 Å². The van der Waals surface area contributed by atoms with Crippen LogP contribution in [0.5, 0.6) is 0 Å². The maximum absolute atomic E-state index is 13.1. The molecule has 21 heavy (non-hydrogen) atoms. The van der Waals surface area contributed by atoms with Crippen molar-refractivity contribution >= 4 is 28.5 Å². The van der Waals surface area contributed by atoms with Gasteiger partial charge in [-0.1, -0.05) is 0 Å². The maximum Gasteiger partial charge on any atom is 1.00 e. The summed E-state index contributed by atoms with van der Waals surface area (Å²) in [7, 11) is 0. The van der Waals surface area contributed by atoms with Crippen LogP contribution >= 0.6 is 11.8 Å². The molecule has 1 aromatic carbocycles. The third kappa shape index (κ3) is 4.17. The number of nitrogens with zero attached hydrogens (tertiary/aromatic N) is 1. The molecule has 0 saturated carbocycles. The summed E-state index contributed by atoms with van der Waals surface area (Å²) in [5.41, 5.74) is -1.09. The van der Waals surface area contributed by atoms with E-state index in [4.69, 9.17) is 6.57 Å². The van der Waals surface area contributed by atoms with Gasteiger partial charge in [0.25, 0.3) is 5.69 Å². The van der Waals surface area contributed by atoms with Gasteiger partial charge in [0.2, 0.25) is 0 Å². The number of rotatable bonds is 4. The van der Waals surface area contributed by atoms with Crippen molar-refractivity contribution in [3.63, 3.8) is 0 Å². The first-order valence-electron chi connectivity index (χ1n) is 4.43. The molecule has 0 N–H and O–H groups in total. The molecule has 0 radical (unpaired) electrons. The van der Waals surface area contributed by atoms with Crippen molar-refractivity contribution in [1.29, 1.82) is 0 Å². The van der Waals surface area contributed by atoms with Crippen LogP contribution < -0.4 is 18.9 Å². The van der Waals surface area contributed by atoms with Gasteiger partial charge < -0.3 is 4.55 Å². The van der Waals surface area contributed by atoms with Crippen LogP contribution in [0.3, 0.4) is 0 Å². The van der Waals surface area contributed by atoms with Crippen molar-refractivity contribution in [3.05, 3.63) is 35.2 Å². The number of hydrogen-bond acceptors (Lipinski definition) is 3. The summed E-state index contributed by atoms with van der Waals surface area (Å²) in [5, 5.41) is -10.6. The van der Waals surface area contributed by atoms with Gasteiger partial charge in [-0.25, -0.2) is 13.6 Å². The summed E-state index contributed by atoms with van der Waals surface area (Å²) in [6.45, 7) is 6.42. The standard InChI is InChI=1S/C9H3F6NO2S2.Li/c1-16-7-5(10)2-4(3-6(7)11)19-8(12,13)9(14,15)20(17)18;/h2-3H,(H,17,18);/q;+1/p-1. The van der Waals surface area contributed by atoms with Crippen molar-refractivity contribution in [2.75, 3.05) is 0 Å². The van der Waals surface area contributed by atoms with Gasteiger partial charge in [0.15, 0.2) is 0 Å². The van der Waals surface area contributed by atoms with Crippen LogP contribution in [0.1, 0.15) is 0 Å². The van der Waals surface area contributed by atoms with Crippen molar-refractivity contribution in [2.24, 2.45) is 0 Å². The SMILES string of the molecule is [C-]#[N+]c1c(F)cc(SC(F)(F)C(F)(F)S(=O)[O-])cc1F.[Li+]. The van der Waals surface area contributed by atoms with E-state index in [0.29, 0.717) is 0 Å². The molecule has 0 saturated heterocycles. The molecule has 3 nitrogen and oxygen atoms in total. The largest absolute Gasteiger partial charge is 1.00 e. The molecule has 0 aliphatic carbocycles. The van der Waals surface area contributed by atoms with Crippen molar-refractivity contribution in [3.8, 4) is 0 Å². The van der Waals surface area contributed by atoms with E-state index in [0.717, 1.165) is 0 Å². The van der Waals surface area contributed by atoms with Crippen LogP contribution in [0, 0.1) is 18.2 Å². The summed E-state index contributed by atoms with van der Waals surface area (Å²) < 4.78 is 98.0. The molecule has 0 fully saturated rings. The average Bonchev–Trinajstić information content (AvgIpc) is 2.27. The van der Waals surface area contributed by atoms with Gasteiger partial charge in [0.1, 0.15) is 11.6 Å². The third-order valence-corrected chi connectivity index (χ3v) is 3.68. The Morgan fingerprint density at radius 1 is 1.19 bits per heavy atom. The molecule has 1 aromatic rings. The predicted octanol–water partition coefficient (Wildman–Crippen LogP) is 0.676. The Morgan fingerprint density at radius 3 is 1.95 bits per heavy atom. The smallest absolute Gasteiger partial charge is 0.768 e. The first kappa shape index (κ1) is 20.3. The molecule has 1 atom stereocenters. The first-order chi connectivity index (χ1) is 9.02. The molecule has 0 amide bonds. The molecule has 12 heteroatoms.